The van der Waals surface area contributed by atoms with Crippen molar-refractivity contribution in [3.63, 3.8) is 0 Å². The van der Waals surface area contributed by atoms with E-state index >= 15 is 4.39 Å². The lowest BCUT2D eigenvalue weighted by Crippen LogP contribution is -2.43. The highest BCUT2D eigenvalue weighted by Gasteiger charge is 2.49. The number of pyridine rings is 1. The van der Waals surface area contributed by atoms with Crippen LogP contribution < -0.4 is 14.4 Å². The van der Waals surface area contributed by atoms with E-state index in [4.69, 9.17) is 15.9 Å². The van der Waals surface area contributed by atoms with E-state index in [2.05, 4.69) is 25.8 Å². The molecule has 4 aromatic rings. The molecule has 2 fully saturated rings. The number of rotatable bonds is 6. The van der Waals surface area contributed by atoms with Gasteiger partial charge in [-0.15, -0.1) is 6.42 Å². The number of terminal acetylenes is 1. The Balaban J connectivity index is 1.43. The molecule has 2 aromatic heterocycles. The first-order valence-corrected chi connectivity index (χ1v) is 14.4. The Kier molecular flexibility index (Phi) is 6.78. The number of anilines is 1. The van der Waals surface area contributed by atoms with E-state index < -0.39 is 23.3 Å². The minimum absolute atomic E-state index is 0.000342. The van der Waals surface area contributed by atoms with Gasteiger partial charge in [-0.3, -0.25) is 4.90 Å². The molecule has 0 saturated carbocycles. The van der Waals surface area contributed by atoms with Crippen molar-refractivity contribution in [3.05, 3.63) is 47.5 Å². The number of ether oxygens (including phenoxy) is 2. The van der Waals surface area contributed by atoms with Crippen molar-refractivity contribution in [2.75, 3.05) is 44.4 Å². The van der Waals surface area contributed by atoms with Gasteiger partial charge in [0.1, 0.15) is 47.6 Å². The summed E-state index contributed by atoms with van der Waals surface area (Å²) in [7, 11) is 0. The molecule has 0 bridgehead atoms. The number of aliphatic hydroxyl groups is 1. The highest BCUT2D eigenvalue weighted by Crippen LogP contribution is 2.43. The van der Waals surface area contributed by atoms with E-state index in [9.17, 15) is 13.9 Å². The molecule has 11 heteroatoms. The van der Waals surface area contributed by atoms with Gasteiger partial charge in [-0.1, -0.05) is 30.2 Å². The van der Waals surface area contributed by atoms with Crippen molar-refractivity contribution >= 4 is 27.5 Å². The zero-order valence-electron chi connectivity index (χ0n) is 23.6. The molecule has 2 aromatic carbocycles. The number of fused-ring (bicyclic) bond motifs is 2. The molecule has 0 amide bonds. The maximum absolute atomic E-state index is 16.7. The number of nitrogens with zero attached hydrogens (tertiary/aromatic N) is 5. The Morgan fingerprint density at radius 1 is 1.19 bits per heavy atom. The summed E-state index contributed by atoms with van der Waals surface area (Å²) in [5, 5.41) is 11.2. The van der Waals surface area contributed by atoms with Gasteiger partial charge in [0.15, 0.2) is 5.82 Å². The number of hydrogen-bond donors (Lipinski definition) is 1. The Labute approximate surface area is 246 Å². The first-order chi connectivity index (χ1) is 20.8. The number of benzene rings is 2. The van der Waals surface area contributed by atoms with Crippen LogP contribution in [0.5, 0.6) is 11.9 Å². The van der Waals surface area contributed by atoms with Crippen molar-refractivity contribution < 1.29 is 27.8 Å². The van der Waals surface area contributed by atoms with Crippen LogP contribution in [0, 0.1) is 24.0 Å². The Morgan fingerprint density at radius 2 is 2.05 bits per heavy atom. The fraction of sp³-hybridized carbons (Fsp3) is 0.406. The fourth-order valence-electron chi connectivity index (χ4n) is 6.87. The van der Waals surface area contributed by atoms with Gasteiger partial charge in [-0.25, -0.2) is 18.2 Å². The topological polar surface area (TPSA) is 83.8 Å². The summed E-state index contributed by atoms with van der Waals surface area (Å²) in [5.41, 5.74) is -0.371. The van der Waals surface area contributed by atoms with E-state index in [-0.39, 0.29) is 65.5 Å². The molecular formula is C32H30F3N5O3. The molecule has 3 aliphatic rings. The molecule has 1 N–H and O–H groups in total. The lowest BCUT2D eigenvalue weighted by atomic mass is 9.95. The van der Waals surface area contributed by atoms with Crippen LogP contribution in [0.2, 0.25) is 0 Å². The van der Waals surface area contributed by atoms with Crippen molar-refractivity contribution in [3.8, 4) is 35.5 Å². The quantitative estimate of drug-likeness (QED) is 0.326. The predicted octanol–water partition coefficient (Wildman–Crippen LogP) is 4.64. The second-order valence-corrected chi connectivity index (χ2v) is 11.5. The van der Waals surface area contributed by atoms with Crippen LogP contribution in [0.3, 0.4) is 0 Å². The largest absolute Gasteiger partial charge is 0.475 e. The highest BCUT2D eigenvalue weighted by atomic mass is 19.1. The van der Waals surface area contributed by atoms with Crippen molar-refractivity contribution in [1.82, 2.24) is 19.9 Å². The van der Waals surface area contributed by atoms with Crippen LogP contribution in [-0.2, 0) is 0 Å². The van der Waals surface area contributed by atoms with E-state index in [0.717, 1.165) is 19.4 Å². The average molecular weight is 590 g/mol. The van der Waals surface area contributed by atoms with Crippen LogP contribution in [-0.4, -0.2) is 82.2 Å². The smallest absolute Gasteiger partial charge is 0.319 e. The molecule has 43 heavy (non-hydrogen) atoms. The zero-order valence-corrected chi connectivity index (χ0v) is 23.6. The van der Waals surface area contributed by atoms with Crippen molar-refractivity contribution in [2.24, 2.45) is 0 Å². The minimum atomic E-state index is -0.934. The first kappa shape index (κ1) is 27.7. The van der Waals surface area contributed by atoms with Gasteiger partial charge in [-0.2, -0.15) is 9.97 Å². The summed E-state index contributed by atoms with van der Waals surface area (Å²) >= 11 is 0. The van der Waals surface area contributed by atoms with Crippen LogP contribution in [0.25, 0.3) is 32.9 Å². The molecule has 7 rings (SSSR count). The Bertz CT molecular complexity index is 1800. The third kappa shape index (κ3) is 4.43. The minimum Gasteiger partial charge on any atom is -0.475 e. The van der Waals surface area contributed by atoms with Crippen LogP contribution in [0.15, 0.2) is 30.3 Å². The normalized spacial score (nSPS) is 22.3. The van der Waals surface area contributed by atoms with E-state index in [1.54, 1.807) is 24.3 Å². The summed E-state index contributed by atoms with van der Waals surface area (Å²) < 4.78 is 58.1. The van der Waals surface area contributed by atoms with Gasteiger partial charge in [0.25, 0.3) is 0 Å². The van der Waals surface area contributed by atoms with E-state index in [1.165, 1.54) is 6.07 Å². The van der Waals surface area contributed by atoms with Crippen LogP contribution >= 0.6 is 0 Å². The molecule has 0 radical (unpaired) electrons. The van der Waals surface area contributed by atoms with Gasteiger partial charge >= 0.3 is 6.01 Å². The van der Waals surface area contributed by atoms with Crippen molar-refractivity contribution in [1.29, 1.82) is 0 Å². The Hall–Kier alpha value is -4.14. The van der Waals surface area contributed by atoms with E-state index in [0.29, 0.717) is 36.1 Å². The van der Waals surface area contributed by atoms with Crippen LogP contribution in [0.4, 0.5) is 19.0 Å². The van der Waals surface area contributed by atoms with Gasteiger partial charge in [0.05, 0.1) is 30.3 Å². The molecule has 2 saturated heterocycles. The number of aromatic nitrogens is 3. The molecule has 3 aliphatic heterocycles. The molecule has 5 heterocycles. The monoisotopic (exact) mass is 589 g/mol. The number of halogens is 3. The molecule has 8 nitrogen and oxygen atoms in total. The van der Waals surface area contributed by atoms with Crippen LogP contribution in [0.1, 0.15) is 31.7 Å². The summed E-state index contributed by atoms with van der Waals surface area (Å²) in [6.07, 6.45) is 6.84. The second kappa shape index (κ2) is 10.5. The highest BCUT2D eigenvalue weighted by molar-refractivity contribution is 6.03. The number of aliphatic hydroxyl groups excluding tert-OH is 1. The molecule has 0 spiro atoms. The molecule has 3 atom stereocenters. The van der Waals surface area contributed by atoms with Gasteiger partial charge < -0.3 is 19.5 Å². The molecular weight excluding hydrogens is 559 g/mol. The third-order valence-electron chi connectivity index (χ3n) is 8.98. The molecule has 0 unspecified atom stereocenters. The predicted molar refractivity (Wildman–Crippen MR) is 156 cm³/mol. The zero-order chi connectivity index (χ0) is 29.9. The third-order valence-corrected chi connectivity index (χ3v) is 8.98. The van der Waals surface area contributed by atoms with Gasteiger partial charge in [-0.05, 0) is 37.8 Å². The Morgan fingerprint density at radius 3 is 2.86 bits per heavy atom. The number of hydrogen-bond acceptors (Lipinski definition) is 8. The fourth-order valence-corrected chi connectivity index (χ4v) is 6.87. The second-order valence-electron chi connectivity index (χ2n) is 11.5. The molecule has 222 valence electrons. The SMILES string of the molecule is C#Cc1c(F)ccc2cccc(-c3nc4c5c(nc(OC[C@@]67CCCN6C[C@H](F)C7)nc5c3F)N([C@@H](C)CO)CCO4)c12. The molecule has 0 aliphatic carbocycles. The lowest BCUT2D eigenvalue weighted by molar-refractivity contribution is 0.107. The summed E-state index contributed by atoms with van der Waals surface area (Å²) in [6.45, 7) is 3.47. The average Bonchev–Trinajstić information content (AvgIpc) is 3.47. The lowest BCUT2D eigenvalue weighted by Gasteiger charge is -2.31. The standard InChI is InChI=1S/C32H30F3N5O3/c1-3-21-23(34)9-8-19-6-4-7-22(24(19)21)27-26(35)28-25-29(40(18(2)16-41)12-13-42-30(25)36-27)38-31(37-28)43-17-32-10-5-11-39(32)15-20(33)14-32/h1,4,6-9,18,20,41H,5,10-17H2,2H3/t18-,20+,32-/m0/s1. The number of alkyl halides is 1. The summed E-state index contributed by atoms with van der Waals surface area (Å²) in [5.74, 6) is 1.44. The maximum atomic E-state index is 16.7. The van der Waals surface area contributed by atoms with Gasteiger partial charge in [0.2, 0.25) is 5.88 Å². The maximum Gasteiger partial charge on any atom is 0.319 e. The van der Waals surface area contributed by atoms with Crippen molar-refractivity contribution in [2.45, 2.75) is 43.9 Å². The summed E-state index contributed by atoms with van der Waals surface area (Å²) in [4.78, 5) is 17.7. The summed E-state index contributed by atoms with van der Waals surface area (Å²) in [6, 6.07) is 7.52. The first-order valence-electron chi connectivity index (χ1n) is 14.4. The van der Waals surface area contributed by atoms with E-state index in [1.807, 2.05) is 11.8 Å². The van der Waals surface area contributed by atoms with Gasteiger partial charge in [0, 0.05) is 23.9 Å².